The van der Waals surface area contributed by atoms with Crippen molar-refractivity contribution in [3.8, 4) is 16.9 Å². The van der Waals surface area contributed by atoms with Crippen LogP contribution in [0, 0.1) is 0 Å². The normalized spacial score (nSPS) is 11.0. The third-order valence-electron chi connectivity index (χ3n) is 5.45. The number of carbonyl (C=O) groups excluding carboxylic acids is 1. The standard InChI is InChI=1S/C27H20NO2/c1-28-24-13-7-5-11-22(24)26(23-12-6-8-14-25(23)28)27(29)30-21-17-15-20(16-18-21)19-9-3-2-4-10-19/h2-18H,1H3/q+1. The largest absolute Gasteiger partial charge is 0.423 e. The molecule has 5 rings (SSSR count). The van der Waals surface area contributed by atoms with Crippen LogP contribution in [0.25, 0.3) is 32.9 Å². The van der Waals surface area contributed by atoms with Gasteiger partial charge >= 0.3 is 5.97 Å². The van der Waals surface area contributed by atoms with Crippen molar-refractivity contribution in [2.24, 2.45) is 7.05 Å². The van der Waals surface area contributed by atoms with E-state index in [-0.39, 0.29) is 5.97 Å². The number of esters is 1. The van der Waals surface area contributed by atoms with E-state index in [1.165, 1.54) is 0 Å². The van der Waals surface area contributed by atoms with E-state index in [4.69, 9.17) is 4.74 Å². The van der Waals surface area contributed by atoms with Crippen LogP contribution in [0.5, 0.6) is 5.75 Å². The molecule has 1 heterocycles. The quantitative estimate of drug-likeness (QED) is 0.171. The minimum atomic E-state index is -0.351. The number of hydrogen-bond acceptors (Lipinski definition) is 2. The lowest BCUT2D eigenvalue weighted by molar-refractivity contribution is -0.617. The lowest BCUT2D eigenvalue weighted by Gasteiger charge is -2.10. The second-order valence-electron chi connectivity index (χ2n) is 7.25. The van der Waals surface area contributed by atoms with Gasteiger partial charge in [0.2, 0.25) is 11.0 Å². The van der Waals surface area contributed by atoms with Crippen LogP contribution in [0.15, 0.2) is 103 Å². The highest BCUT2D eigenvalue weighted by Gasteiger charge is 2.23. The maximum absolute atomic E-state index is 13.3. The Morgan fingerprint density at radius 1 is 0.633 bits per heavy atom. The van der Waals surface area contributed by atoms with E-state index in [0.29, 0.717) is 11.3 Å². The fraction of sp³-hybridized carbons (Fsp3) is 0.0370. The lowest BCUT2D eigenvalue weighted by atomic mass is 10.0. The number of nitrogens with zero attached hydrogens (tertiary/aromatic N) is 1. The fourth-order valence-corrected chi connectivity index (χ4v) is 3.95. The molecule has 144 valence electrons. The molecule has 0 aliphatic rings. The molecule has 0 saturated carbocycles. The van der Waals surface area contributed by atoms with E-state index >= 15 is 0 Å². The highest BCUT2D eigenvalue weighted by Crippen LogP contribution is 2.27. The molecular weight excluding hydrogens is 370 g/mol. The van der Waals surface area contributed by atoms with Crippen LogP contribution in [0.1, 0.15) is 10.4 Å². The van der Waals surface area contributed by atoms with Crippen LogP contribution in [-0.4, -0.2) is 5.97 Å². The molecule has 3 nitrogen and oxygen atoms in total. The van der Waals surface area contributed by atoms with Crippen LogP contribution in [0.4, 0.5) is 0 Å². The molecule has 0 aliphatic carbocycles. The summed E-state index contributed by atoms with van der Waals surface area (Å²) in [5.41, 5.74) is 4.78. The summed E-state index contributed by atoms with van der Waals surface area (Å²) in [5.74, 6) is 0.177. The monoisotopic (exact) mass is 390 g/mol. The zero-order valence-corrected chi connectivity index (χ0v) is 16.6. The summed E-state index contributed by atoms with van der Waals surface area (Å²) < 4.78 is 7.91. The molecule has 0 bridgehead atoms. The minimum Gasteiger partial charge on any atom is -0.423 e. The Morgan fingerprint density at radius 3 is 1.73 bits per heavy atom. The molecule has 0 fully saturated rings. The van der Waals surface area contributed by atoms with E-state index in [2.05, 4.69) is 16.7 Å². The summed E-state index contributed by atoms with van der Waals surface area (Å²) in [6, 6.07) is 33.6. The van der Waals surface area contributed by atoms with Gasteiger partial charge in [-0.2, -0.15) is 4.57 Å². The Kier molecular flexibility index (Phi) is 4.49. The van der Waals surface area contributed by atoms with Crippen LogP contribution in [-0.2, 0) is 7.05 Å². The molecule has 0 atom stereocenters. The highest BCUT2D eigenvalue weighted by molar-refractivity contribution is 6.13. The molecular formula is C27H20NO2+. The van der Waals surface area contributed by atoms with Crippen molar-refractivity contribution >= 4 is 27.8 Å². The summed E-state index contributed by atoms with van der Waals surface area (Å²) in [4.78, 5) is 13.3. The number of pyridine rings is 1. The van der Waals surface area contributed by atoms with Crippen LogP contribution >= 0.6 is 0 Å². The molecule has 0 radical (unpaired) electrons. The van der Waals surface area contributed by atoms with Crippen molar-refractivity contribution in [2.45, 2.75) is 0 Å². The molecule has 0 unspecified atom stereocenters. The smallest absolute Gasteiger partial charge is 0.345 e. The zero-order valence-electron chi connectivity index (χ0n) is 16.6. The zero-order chi connectivity index (χ0) is 20.5. The Bertz CT molecular complexity index is 1320. The number of carbonyl (C=O) groups is 1. The number of fused-ring (bicyclic) bond motifs is 2. The average Bonchev–Trinajstić information content (AvgIpc) is 2.80. The van der Waals surface area contributed by atoms with Crippen molar-refractivity contribution < 1.29 is 14.1 Å². The van der Waals surface area contributed by atoms with Gasteiger partial charge in [-0.15, -0.1) is 0 Å². The number of benzene rings is 4. The van der Waals surface area contributed by atoms with Crippen molar-refractivity contribution in [3.05, 3.63) is 109 Å². The van der Waals surface area contributed by atoms with E-state index in [0.717, 1.165) is 32.9 Å². The maximum Gasteiger partial charge on any atom is 0.345 e. The number of hydrogen-bond donors (Lipinski definition) is 0. The molecule has 5 aromatic rings. The number of aromatic nitrogens is 1. The highest BCUT2D eigenvalue weighted by atomic mass is 16.5. The first-order chi connectivity index (χ1) is 14.7. The molecule has 30 heavy (non-hydrogen) atoms. The lowest BCUT2D eigenvalue weighted by Crippen LogP contribution is -2.31. The van der Waals surface area contributed by atoms with Crippen LogP contribution < -0.4 is 9.30 Å². The first-order valence-electron chi connectivity index (χ1n) is 9.89. The number of ether oxygens (including phenoxy) is 1. The van der Waals surface area contributed by atoms with Gasteiger partial charge in [-0.05, 0) is 35.4 Å². The predicted octanol–water partition coefficient (Wildman–Crippen LogP) is 5.70. The SMILES string of the molecule is C[n+]1c2ccccc2c(C(=O)Oc2ccc(-c3ccccc3)cc2)c2ccccc21. The summed E-state index contributed by atoms with van der Waals surface area (Å²) in [6.07, 6.45) is 0. The molecule has 3 heteroatoms. The fourth-order valence-electron chi connectivity index (χ4n) is 3.95. The van der Waals surface area contributed by atoms with Crippen LogP contribution in [0.2, 0.25) is 0 Å². The van der Waals surface area contributed by atoms with Gasteiger partial charge in [0.15, 0.2) is 0 Å². The third kappa shape index (κ3) is 3.11. The third-order valence-corrected chi connectivity index (χ3v) is 5.45. The number of para-hydroxylation sites is 2. The predicted molar refractivity (Wildman–Crippen MR) is 119 cm³/mol. The molecule has 0 saturated heterocycles. The second kappa shape index (κ2) is 7.45. The van der Waals surface area contributed by atoms with Crippen molar-refractivity contribution in [1.82, 2.24) is 0 Å². The van der Waals surface area contributed by atoms with Gasteiger partial charge < -0.3 is 4.74 Å². The van der Waals surface area contributed by atoms with Crippen LogP contribution in [0.3, 0.4) is 0 Å². The minimum absolute atomic E-state index is 0.351. The van der Waals surface area contributed by atoms with E-state index in [1.54, 1.807) is 0 Å². The Morgan fingerprint density at radius 2 is 1.13 bits per heavy atom. The average molecular weight is 390 g/mol. The molecule has 0 aliphatic heterocycles. The van der Waals surface area contributed by atoms with Gasteiger partial charge in [0.05, 0.1) is 16.3 Å². The molecule has 0 spiro atoms. The first-order valence-corrected chi connectivity index (χ1v) is 9.89. The van der Waals surface area contributed by atoms with Gasteiger partial charge in [-0.1, -0.05) is 66.7 Å². The van der Waals surface area contributed by atoms with Crippen molar-refractivity contribution in [2.75, 3.05) is 0 Å². The van der Waals surface area contributed by atoms with E-state index in [9.17, 15) is 4.79 Å². The van der Waals surface area contributed by atoms with Crippen molar-refractivity contribution in [3.63, 3.8) is 0 Å². The number of aryl methyl sites for hydroxylation is 1. The van der Waals surface area contributed by atoms with Gasteiger partial charge in [0.25, 0.3) is 0 Å². The number of rotatable bonds is 3. The van der Waals surface area contributed by atoms with Gasteiger partial charge in [-0.25, -0.2) is 4.79 Å². The van der Waals surface area contributed by atoms with E-state index < -0.39 is 0 Å². The summed E-state index contributed by atoms with van der Waals surface area (Å²) in [7, 11) is 2.02. The molecule has 0 N–H and O–H groups in total. The summed E-state index contributed by atoms with van der Waals surface area (Å²) in [5, 5.41) is 1.76. The summed E-state index contributed by atoms with van der Waals surface area (Å²) >= 11 is 0. The Labute approximate surface area is 174 Å². The van der Waals surface area contributed by atoms with Gasteiger partial charge in [-0.3, -0.25) is 0 Å². The summed E-state index contributed by atoms with van der Waals surface area (Å²) in [6.45, 7) is 0. The molecule has 0 amide bonds. The molecule has 1 aromatic heterocycles. The topological polar surface area (TPSA) is 30.2 Å². The first kappa shape index (κ1) is 18.1. The van der Waals surface area contributed by atoms with Gasteiger partial charge in [0.1, 0.15) is 12.8 Å². The Balaban J connectivity index is 1.56. The van der Waals surface area contributed by atoms with Gasteiger partial charge in [0, 0.05) is 12.1 Å². The Hall–Kier alpha value is -3.98. The second-order valence-corrected chi connectivity index (χ2v) is 7.25. The van der Waals surface area contributed by atoms with Crippen molar-refractivity contribution in [1.29, 1.82) is 0 Å². The van der Waals surface area contributed by atoms with E-state index in [1.807, 2.05) is 98.0 Å². The maximum atomic E-state index is 13.3. The molecule has 4 aromatic carbocycles.